The van der Waals surface area contributed by atoms with Crippen molar-refractivity contribution in [3.05, 3.63) is 66.7 Å². The molecule has 0 bridgehead atoms. The van der Waals surface area contributed by atoms with Gasteiger partial charge in [-0.15, -0.1) is 10.2 Å². The molecule has 150 valence electrons. The largest absolute Gasteiger partial charge is 0.494 e. The van der Waals surface area contributed by atoms with E-state index in [0.29, 0.717) is 24.8 Å². The highest BCUT2D eigenvalue weighted by molar-refractivity contribution is 5.77. The second kappa shape index (κ2) is 10.7. The van der Waals surface area contributed by atoms with Crippen LogP contribution in [0, 0.1) is 0 Å². The number of carbonyl (C=O) groups is 1. The summed E-state index contributed by atoms with van der Waals surface area (Å²) in [5, 5.41) is 10.9. The lowest BCUT2D eigenvalue weighted by molar-refractivity contribution is -0.123. The quantitative estimate of drug-likeness (QED) is 0.533. The fraction of sp³-hybridized carbons (Fsp3) is 0.227. The number of benzene rings is 2. The highest BCUT2D eigenvalue weighted by Crippen LogP contribution is 2.18. The minimum atomic E-state index is -0.229. The molecule has 3 aromatic rings. The van der Waals surface area contributed by atoms with E-state index >= 15 is 0 Å². The van der Waals surface area contributed by atoms with Crippen LogP contribution in [0.1, 0.15) is 6.92 Å². The van der Waals surface area contributed by atoms with Gasteiger partial charge in [0.25, 0.3) is 5.91 Å². The van der Waals surface area contributed by atoms with Gasteiger partial charge in [0.1, 0.15) is 18.1 Å². The molecular weight excluding hydrogens is 370 g/mol. The van der Waals surface area contributed by atoms with Crippen LogP contribution in [0.4, 0.5) is 0 Å². The van der Waals surface area contributed by atoms with Gasteiger partial charge < -0.3 is 19.5 Å². The van der Waals surface area contributed by atoms with Crippen LogP contribution in [0.3, 0.4) is 0 Å². The number of ether oxygens (including phenoxy) is 3. The lowest BCUT2D eigenvalue weighted by atomic mass is 10.1. The molecule has 3 rings (SSSR count). The molecule has 1 amide bonds. The summed E-state index contributed by atoms with van der Waals surface area (Å²) in [5.41, 5.74) is 1.77. The average molecular weight is 393 g/mol. The number of amides is 1. The molecule has 0 saturated heterocycles. The molecule has 0 aliphatic rings. The van der Waals surface area contributed by atoms with Gasteiger partial charge in [0.15, 0.2) is 6.61 Å². The SMILES string of the molecule is CCOc1ccc(OCC(=O)NCCOc2ccc(-c3ccccc3)nn2)cc1. The smallest absolute Gasteiger partial charge is 0.258 e. The highest BCUT2D eigenvalue weighted by Gasteiger charge is 2.04. The number of carbonyl (C=O) groups excluding carboxylic acids is 1. The third-order valence-electron chi connectivity index (χ3n) is 3.89. The number of rotatable bonds is 10. The van der Waals surface area contributed by atoms with E-state index in [0.717, 1.165) is 17.0 Å². The van der Waals surface area contributed by atoms with Gasteiger partial charge >= 0.3 is 0 Å². The van der Waals surface area contributed by atoms with Gasteiger partial charge in [-0.25, -0.2) is 0 Å². The van der Waals surface area contributed by atoms with E-state index in [1.807, 2.05) is 43.3 Å². The van der Waals surface area contributed by atoms with Crippen molar-refractivity contribution in [2.75, 3.05) is 26.4 Å². The van der Waals surface area contributed by atoms with Gasteiger partial charge in [0.2, 0.25) is 5.88 Å². The monoisotopic (exact) mass is 393 g/mol. The molecule has 0 spiro atoms. The zero-order valence-electron chi connectivity index (χ0n) is 16.2. The maximum Gasteiger partial charge on any atom is 0.258 e. The normalized spacial score (nSPS) is 10.2. The second-order valence-corrected chi connectivity index (χ2v) is 6.01. The molecule has 0 saturated carbocycles. The van der Waals surface area contributed by atoms with Crippen LogP contribution in [0.25, 0.3) is 11.3 Å². The molecule has 1 heterocycles. The summed E-state index contributed by atoms with van der Waals surface area (Å²) in [6.07, 6.45) is 0. The Morgan fingerprint density at radius 1 is 0.862 bits per heavy atom. The van der Waals surface area contributed by atoms with E-state index in [1.165, 1.54) is 0 Å². The standard InChI is InChI=1S/C22H23N3O4/c1-2-27-18-8-10-19(11-9-18)29-16-21(26)23-14-15-28-22-13-12-20(24-25-22)17-6-4-3-5-7-17/h3-13H,2,14-16H2,1H3,(H,23,26). The summed E-state index contributed by atoms with van der Waals surface area (Å²) in [7, 11) is 0. The maximum atomic E-state index is 11.9. The van der Waals surface area contributed by atoms with Gasteiger partial charge in [0.05, 0.1) is 18.8 Å². The van der Waals surface area contributed by atoms with Crippen molar-refractivity contribution < 1.29 is 19.0 Å². The van der Waals surface area contributed by atoms with Gasteiger partial charge in [0, 0.05) is 11.6 Å². The van der Waals surface area contributed by atoms with E-state index in [9.17, 15) is 4.79 Å². The molecule has 29 heavy (non-hydrogen) atoms. The average Bonchev–Trinajstić information content (AvgIpc) is 2.77. The molecule has 1 N–H and O–H groups in total. The number of aromatic nitrogens is 2. The molecule has 7 heteroatoms. The van der Waals surface area contributed by atoms with E-state index in [2.05, 4.69) is 15.5 Å². The van der Waals surface area contributed by atoms with Crippen LogP contribution in [0.15, 0.2) is 66.7 Å². The zero-order valence-corrected chi connectivity index (χ0v) is 16.2. The van der Waals surface area contributed by atoms with E-state index in [4.69, 9.17) is 14.2 Å². The van der Waals surface area contributed by atoms with Crippen molar-refractivity contribution in [2.45, 2.75) is 6.92 Å². The van der Waals surface area contributed by atoms with Crippen molar-refractivity contribution >= 4 is 5.91 Å². The predicted octanol–water partition coefficient (Wildman–Crippen LogP) is 3.12. The summed E-state index contributed by atoms with van der Waals surface area (Å²) in [4.78, 5) is 11.9. The summed E-state index contributed by atoms with van der Waals surface area (Å²) >= 11 is 0. The zero-order chi connectivity index (χ0) is 20.3. The Kier molecular flexibility index (Phi) is 7.40. The van der Waals surface area contributed by atoms with Crippen LogP contribution in [-0.2, 0) is 4.79 Å². The van der Waals surface area contributed by atoms with Gasteiger partial charge in [-0.3, -0.25) is 4.79 Å². The van der Waals surface area contributed by atoms with Crippen LogP contribution in [0.5, 0.6) is 17.4 Å². The fourth-order valence-electron chi connectivity index (χ4n) is 2.50. The molecule has 0 aliphatic carbocycles. The minimum absolute atomic E-state index is 0.0699. The topological polar surface area (TPSA) is 82.6 Å². The Morgan fingerprint density at radius 3 is 2.24 bits per heavy atom. The molecule has 0 unspecified atom stereocenters. The first kappa shape index (κ1) is 20.1. The Balaban J connectivity index is 1.34. The van der Waals surface area contributed by atoms with Crippen molar-refractivity contribution in [3.8, 4) is 28.6 Å². The molecule has 1 aromatic heterocycles. The Hall–Kier alpha value is -3.61. The maximum absolute atomic E-state index is 11.9. The Bertz CT molecular complexity index is 884. The summed E-state index contributed by atoms with van der Waals surface area (Å²) in [6.45, 7) is 3.08. The molecule has 2 aromatic carbocycles. The summed E-state index contributed by atoms with van der Waals surface area (Å²) < 4.78 is 16.3. The summed E-state index contributed by atoms with van der Waals surface area (Å²) in [6, 6.07) is 20.5. The van der Waals surface area contributed by atoms with Crippen LogP contribution in [0.2, 0.25) is 0 Å². The van der Waals surface area contributed by atoms with Crippen LogP contribution in [-0.4, -0.2) is 42.5 Å². The third-order valence-corrected chi connectivity index (χ3v) is 3.89. The second-order valence-electron chi connectivity index (χ2n) is 6.01. The van der Waals surface area contributed by atoms with Crippen LogP contribution < -0.4 is 19.5 Å². The van der Waals surface area contributed by atoms with Gasteiger partial charge in [-0.2, -0.15) is 0 Å². The van der Waals surface area contributed by atoms with E-state index < -0.39 is 0 Å². The van der Waals surface area contributed by atoms with Crippen molar-refractivity contribution in [1.29, 1.82) is 0 Å². The van der Waals surface area contributed by atoms with Crippen molar-refractivity contribution in [1.82, 2.24) is 15.5 Å². The predicted molar refractivity (Wildman–Crippen MR) is 109 cm³/mol. The highest BCUT2D eigenvalue weighted by atomic mass is 16.5. The minimum Gasteiger partial charge on any atom is -0.494 e. The van der Waals surface area contributed by atoms with E-state index in [1.54, 1.807) is 30.3 Å². The number of nitrogens with zero attached hydrogens (tertiary/aromatic N) is 2. The number of hydrogen-bond donors (Lipinski definition) is 1. The fourth-order valence-corrected chi connectivity index (χ4v) is 2.50. The molecule has 0 atom stereocenters. The van der Waals surface area contributed by atoms with E-state index in [-0.39, 0.29) is 19.1 Å². The molecule has 0 radical (unpaired) electrons. The molecule has 0 fully saturated rings. The Morgan fingerprint density at radius 2 is 1.59 bits per heavy atom. The van der Waals surface area contributed by atoms with Gasteiger partial charge in [-0.1, -0.05) is 30.3 Å². The van der Waals surface area contributed by atoms with Crippen molar-refractivity contribution in [3.63, 3.8) is 0 Å². The number of hydrogen-bond acceptors (Lipinski definition) is 6. The lowest BCUT2D eigenvalue weighted by Crippen LogP contribution is -2.32. The Labute approximate surface area is 169 Å². The first-order valence-electron chi connectivity index (χ1n) is 9.39. The third kappa shape index (κ3) is 6.49. The molecule has 7 nitrogen and oxygen atoms in total. The first-order chi connectivity index (χ1) is 14.2. The van der Waals surface area contributed by atoms with Gasteiger partial charge in [-0.05, 0) is 37.3 Å². The lowest BCUT2D eigenvalue weighted by Gasteiger charge is -2.09. The summed E-state index contributed by atoms with van der Waals surface area (Å²) in [5.74, 6) is 1.55. The molecular formula is C22H23N3O4. The first-order valence-corrected chi connectivity index (χ1v) is 9.39. The number of nitrogens with one attached hydrogen (secondary N) is 1. The van der Waals surface area contributed by atoms with Crippen molar-refractivity contribution in [2.24, 2.45) is 0 Å². The molecule has 0 aliphatic heterocycles. The van der Waals surface area contributed by atoms with Crippen LogP contribution >= 0.6 is 0 Å².